The molecule has 2 aromatic heterocycles. The molecular weight excluding hydrogens is 420 g/mol. The molecule has 0 unspecified atom stereocenters. The zero-order valence-corrected chi connectivity index (χ0v) is 17.1. The van der Waals surface area contributed by atoms with Crippen molar-refractivity contribution >= 4 is 46.5 Å². The monoisotopic (exact) mass is 442 g/mol. The minimum atomic E-state index is -1.30. The van der Waals surface area contributed by atoms with Crippen molar-refractivity contribution in [2.24, 2.45) is 0 Å². The summed E-state index contributed by atoms with van der Waals surface area (Å²) in [7, 11) is 1.82. The molecule has 0 saturated carbocycles. The summed E-state index contributed by atoms with van der Waals surface area (Å²) >= 11 is 0. The molecule has 168 valence electrons. The van der Waals surface area contributed by atoms with E-state index in [1.165, 1.54) is 0 Å². The molecule has 0 saturated heterocycles. The summed E-state index contributed by atoms with van der Waals surface area (Å²) < 4.78 is 0. The minimum absolute atomic E-state index is 0.0309. The van der Waals surface area contributed by atoms with E-state index in [1.807, 2.05) is 11.9 Å². The van der Waals surface area contributed by atoms with Crippen molar-refractivity contribution < 1.29 is 24.6 Å². The number of amides is 1. The van der Waals surface area contributed by atoms with Gasteiger partial charge in [0.25, 0.3) is 5.91 Å². The highest BCUT2D eigenvalue weighted by molar-refractivity contribution is 5.97. The van der Waals surface area contributed by atoms with Gasteiger partial charge in [-0.05, 0) is 30.7 Å². The van der Waals surface area contributed by atoms with Gasteiger partial charge in [-0.1, -0.05) is 0 Å². The Hall–Kier alpha value is -4.42. The number of aromatic nitrogens is 4. The Kier molecular flexibility index (Phi) is 6.37. The van der Waals surface area contributed by atoms with Crippen LogP contribution in [0, 0.1) is 0 Å². The van der Waals surface area contributed by atoms with E-state index < -0.39 is 23.9 Å². The van der Waals surface area contributed by atoms with Gasteiger partial charge in [0.05, 0.1) is 6.54 Å². The molecule has 2 heterocycles. The van der Waals surface area contributed by atoms with E-state index in [1.54, 1.807) is 24.3 Å². The van der Waals surface area contributed by atoms with Crippen molar-refractivity contribution in [3.8, 4) is 0 Å². The number of carbonyl (C=O) groups is 3. The summed E-state index contributed by atoms with van der Waals surface area (Å²) in [5, 5.41) is 20.2. The molecule has 0 fully saturated rings. The Bertz CT molecular complexity index is 1160. The number of benzene rings is 1. The maximum absolute atomic E-state index is 12.3. The van der Waals surface area contributed by atoms with E-state index in [0.717, 1.165) is 5.69 Å². The summed E-state index contributed by atoms with van der Waals surface area (Å²) in [6.07, 6.45) is -0.581. The average Bonchev–Trinajstić information content (AvgIpc) is 3.13. The number of carboxylic acids is 2. The van der Waals surface area contributed by atoms with Crippen molar-refractivity contribution in [3.05, 3.63) is 35.7 Å². The minimum Gasteiger partial charge on any atom is -0.481 e. The molecule has 8 N–H and O–H groups in total. The number of nitrogens with zero attached hydrogens (tertiary/aromatic N) is 4. The highest BCUT2D eigenvalue weighted by Crippen LogP contribution is 2.19. The number of carbonyl (C=O) groups excluding carboxylic acids is 1. The van der Waals surface area contributed by atoms with Crippen LogP contribution < -0.4 is 21.7 Å². The third-order valence-electron chi connectivity index (χ3n) is 4.65. The number of H-pyrrole nitrogens is 1. The molecular formula is C19H22N8O5. The fourth-order valence-electron chi connectivity index (χ4n) is 3.01. The SMILES string of the molecule is CN(Cc1nc2nc(N)nc(N)c2[nH]1)c1ccc(C(=O)N[C@@H](CCC(=O)O)C(=O)O)cc1. The molecule has 32 heavy (non-hydrogen) atoms. The lowest BCUT2D eigenvalue weighted by atomic mass is 10.1. The lowest BCUT2D eigenvalue weighted by Gasteiger charge is -2.18. The number of hydrogen-bond donors (Lipinski definition) is 6. The average molecular weight is 442 g/mol. The first kappa shape index (κ1) is 22.3. The summed E-state index contributed by atoms with van der Waals surface area (Å²) in [6.45, 7) is 0.373. The van der Waals surface area contributed by atoms with Crippen LogP contribution in [0.15, 0.2) is 24.3 Å². The topological polar surface area (TPSA) is 213 Å². The van der Waals surface area contributed by atoms with Gasteiger partial charge in [0.1, 0.15) is 17.4 Å². The Balaban J connectivity index is 1.66. The van der Waals surface area contributed by atoms with Gasteiger partial charge in [-0.3, -0.25) is 9.59 Å². The van der Waals surface area contributed by atoms with Crippen LogP contribution in [0.5, 0.6) is 0 Å². The van der Waals surface area contributed by atoms with E-state index in [0.29, 0.717) is 23.5 Å². The number of aliphatic carboxylic acids is 2. The van der Waals surface area contributed by atoms with Crippen molar-refractivity contribution in [2.75, 3.05) is 23.4 Å². The summed E-state index contributed by atoms with van der Waals surface area (Å²) in [6, 6.07) is 5.17. The quantitative estimate of drug-likeness (QED) is 0.263. The summed E-state index contributed by atoms with van der Waals surface area (Å²) in [5.74, 6) is -2.23. The van der Waals surface area contributed by atoms with Gasteiger partial charge in [0.2, 0.25) is 5.95 Å². The number of carboxylic acid groups (broad SMARTS) is 2. The van der Waals surface area contributed by atoms with Crippen molar-refractivity contribution in [3.63, 3.8) is 0 Å². The molecule has 0 spiro atoms. The highest BCUT2D eigenvalue weighted by Gasteiger charge is 2.21. The van der Waals surface area contributed by atoms with Crippen molar-refractivity contribution in [1.82, 2.24) is 25.3 Å². The first-order chi connectivity index (χ1) is 15.1. The predicted molar refractivity (Wildman–Crippen MR) is 115 cm³/mol. The molecule has 1 aromatic carbocycles. The van der Waals surface area contributed by atoms with E-state index in [4.69, 9.17) is 16.6 Å². The second-order valence-electron chi connectivity index (χ2n) is 7.05. The number of nitrogen functional groups attached to an aromatic ring is 2. The van der Waals surface area contributed by atoms with E-state index in [9.17, 15) is 19.5 Å². The van der Waals surface area contributed by atoms with Gasteiger partial charge in [0.15, 0.2) is 11.5 Å². The molecule has 13 nitrogen and oxygen atoms in total. The smallest absolute Gasteiger partial charge is 0.326 e. The second-order valence-corrected chi connectivity index (χ2v) is 7.05. The third-order valence-corrected chi connectivity index (χ3v) is 4.65. The largest absolute Gasteiger partial charge is 0.481 e. The fraction of sp³-hybridized carbons (Fsp3) is 0.263. The number of imidazole rings is 1. The van der Waals surface area contributed by atoms with Gasteiger partial charge in [-0.25, -0.2) is 9.78 Å². The van der Waals surface area contributed by atoms with Gasteiger partial charge in [-0.2, -0.15) is 9.97 Å². The van der Waals surface area contributed by atoms with Gasteiger partial charge in [0, 0.05) is 24.7 Å². The molecule has 0 aliphatic carbocycles. The zero-order valence-electron chi connectivity index (χ0n) is 17.1. The Morgan fingerprint density at radius 3 is 2.44 bits per heavy atom. The van der Waals surface area contributed by atoms with Crippen molar-refractivity contribution in [2.45, 2.75) is 25.4 Å². The summed E-state index contributed by atoms with van der Waals surface area (Å²) in [5.41, 5.74) is 13.3. The number of hydrogen-bond acceptors (Lipinski definition) is 9. The maximum Gasteiger partial charge on any atom is 0.326 e. The lowest BCUT2D eigenvalue weighted by molar-refractivity contribution is -0.140. The van der Waals surface area contributed by atoms with Gasteiger partial charge >= 0.3 is 11.9 Å². The number of fused-ring (bicyclic) bond motifs is 1. The predicted octanol–water partition coefficient (Wildman–Crippen LogP) is 0.202. The standard InChI is InChI=1S/C19H22N8O5/c1-27(8-12-23-14-15(20)25-19(21)26-16(14)24-12)10-4-2-9(3-5-10)17(30)22-11(18(31)32)6-7-13(28)29/h2-5,11H,6-8H2,1H3,(H,22,30)(H,28,29)(H,31,32)(H5,20,21,23,24,25,26)/t11-/m0/s1. The third kappa shape index (κ3) is 5.19. The van der Waals surface area contributed by atoms with Crippen LogP contribution in [0.4, 0.5) is 17.5 Å². The Morgan fingerprint density at radius 2 is 1.81 bits per heavy atom. The number of nitrogens with one attached hydrogen (secondary N) is 2. The Morgan fingerprint density at radius 1 is 1.12 bits per heavy atom. The van der Waals surface area contributed by atoms with Crippen LogP contribution >= 0.6 is 0 Å². The first-order valence-corrected chi connectivity index (χ1v) is 9.48. The first-order valence-electron chi connectivity index (χ1n) is 9.48. The lowest BCUT2D eigenvalue weighted by Crippen LogP contribution is -2.41. The molecule has 13 heteroatoms. The van der Waals surface area contributed by atoms with Crippen LogP contribution in [0.25, 0.3) is 11.2 Å². The highest BCUT2D eigenvalue weighted by atomic mass is 16.4. The second kappa shape index (κ2) is 9.16. The van der Waals surface area contributed by atoms with E-state index in [-0.39, 0.29) is 30.2 Å². The van der Waals surface area contributed by atoms with Crippen LogP contribution in [0.1, 0.15) is 29.0 Å². The van der Waals surface area contributed by atoms with E-state index >= 15 is 0 Å². The summed E-state index contributed by atoms with van der Waals surface area (Å²) in [4.78, 5) is 51.5. The maximum atomic E-state index is 12.3. The molecule has 1 amide bonds. The number of rotatable bonds is 9. The number of nitrogens with two attached hydrogens (primary N) is 2. The van der Waals surface area contributed by atoms with E-state index in [2.05, 4.69) is 25.3 Å². The zero-order chi connectivity index (χ0) is 23.4. The van der Waals surface area contributed by atoms with Gasteiger partial charge < -0.3 is 36.9 Å². The molecule has 1 atom stereocenters. The van der Waals surface area contributed by atoms with Crippen LogP contribution in [0.2, 0.25) is 0 Å². The molecule has 0 aliphatic heterocycles. The van der Waals surface area contributed by atoms with Crippen molar-refractivity contribution in [1.29, 1.82) is 0 Å². The fourth-order valence-corrected chi connectivity index (χ4v) is 3.01. The molecule has 0 aliphatic rings. The number of anilines is 3. The van der Waals surface area contributed by atoms with Crippen LogP contribution in [0.3, 0.4) is 0 Å². The molecule has 0 bridgehead atoms. The van der Waals surface area contributed by atoms with Gasteiger partial charge in [-0.15, -0.1) is 0 Å². The molecule has 3 rings (SSSR count). The Labute approximate surface area is 181 Å². The van der Waals surface area contributed by atoms with Crippen LogP contribution in [-0.4, -0.2) is 61.1 Å². The molecule has 3 aromatic rings. The molecule has 0 radical (unpaired) electrons. The van der Waals surface area contributed by atoms with Crippen LogP contribution in [-0.2, 0) is 16.1 Å². The number of aromatic amines is 1. The normalized spacial score (nSPS) is 11.8.